The van der Waals surface area contributed by atoms with E-state index >= 15 is 0 Å². The molecular weight excluding hydrogens is 462 g/mol. The largest absolute Gasteiger partial charge is 0.481 e. The number of hydrogen-bond acceptors (Lipinski definition) is 8. The Labute approximate surface area is 197 Å². The lowest BCUT2D eigenvalue weighted by molar-refractivity contribution is -0.140. The summed E-state index contributed by atoms with van der Waals surface area (Å²) in [5.41, 5.74) is 1.11. The van der Waals surface area contributed by atoms with Crippen LogP contribution in [0.3, 0.4) is 0 Å². The zero-order chi connectivity index (χ0) is 24.8. The highest BCUT2D eigenvalue weighted by Gasteiger charge is 2.24. The number of nitrogens with zero attached hydrogens (tertiary/aromatic N) is 3. The molecular formula is C22H21N5O6S. The quantitative estimate of drug-likeness (QED) is 0.312. The van der Waals surface area contributed by atoms with Crippen molar-refractivity contribution in [1.29, 1.82) is 0 Å². The number of carbonyl (C=O) groups excluding carboxylic acids is 1. The van der Waals surface area contributed by atoms with Crippen LogP contribution in [0.2, 0.25) is 0 Å². The van der Waals surface area contributed by atoms with Crippen molar-refractivity contribution in [3.05, 3.63) is 51.1 Å². The summed E-state index contributed by atoms with van der Waals surface area (Å²) in [7, 11) is 0. The molecule has 34 heavy (non-hydrogen) atoms. The van der Waals surface area contributed by atoms with E-state index in [2.05, 4.69) is 26.2 Å². The van der Waals surface area contributed by atoms with Crippen LogP contribution in [0.15, 0.2) is 29.2 Å². The number of thiazole rings is 1. The molecule has 0 saturated carbocycles. The van der Waals surface area contributed by atoms with E-state index in [9.17, 15) is 24.3 Å². The fourth-order valence-corrected chi connectivity index (χ4v) is 4.02. The number of benzene rings is 1. The molecule has 2 heterocycles. The molecule has 0 bridgehead atoms. The Hall–Kier alpha value is -4.24. The first-order valence-electron chi connectivity index (χ1n) is 10.1. The summed E-state index contributed by atoms with van der Waals surface area (Å²) in [5, 5.41) is 21.3. The van der Waals surface area contributed by atoms with Crippen LogP contribution in [0.4, 0.5) is 5.00 Å². The number of aliphatic carboxylic acids is 2. The predicted octanol–water partition coefficient (Wildman–Crippen LogP) is 1.38. The van der Waals surface area contributed by atoms with Gasteiger partial charge in [0.2, 0.25) is 0 Å². The zero-order valence-corrected chi connectivity index (χ0v) is 18.9. The lowest BCUT2D eigenvalue weighted by Crippen LogP contribution is -2.41. The number of amides is 1. The van der Waals surface area contributed by atoms with Gasteiger partial charge in [0.25, 0.3) is 11.5 Å². The van der Waals surface area contributed by atoms with Crippen molar-refractivity contribution in [2.75, 3.05) is 11.4 Å². The van der Waals surface area contributed by atoms with Crippen molar-refractivity contribution in [2.45, 2.75) is 32.4 Å². The predicted molar refractivity (Wildman–Crippen MR) is 125 cm³/mol. The summed E-state index contributed by atoms with van der Waals surface area (Å²) >= 11 is 1.01. The highest BCUT2D eigenvalue weighted by Crippen LogP contribution is 2.26. The topological polar surface area (TPSA) is 166 Å². The molecule has 4 N–H and O–H groups in total. The second-order valence-corrected chi connectivity index (χ2v) is 8.37. The molecule has 0 spiro atoms. The summed E-state index contributed by atoms with van der Waals surface area (Å²) < 4.78 is 0. The number of carbonyl (C=O) groups is 3. The van der Waals surface area contributed by atoms with E-state index in [0.29, 0.717) is 28.3 Å². The Morgan fingerprint density at radius 2 is 2.09 bits per heavy atom. The molecule has 176 valence electrons. The van der Waals surface area contributed by atoms with Gasteiger partial charge in [0, 0.05) is 13.0 Å². The highest BCUT2D eigenvalue weighted by atomic mass is 32.1. The lowest BCUT2D eigenvalue weighted by Gasteiger charge is -2.20. The number of fused-ring (bicyclic) bond motifs is 1. The normalized spacial score (nSPS) is 11.5. The summed E-state index contributed by atoms with van der Waals surface area (Å²) in [6.07, 6.45) is 6.30. The van der Waals surface area contributed by atoms with Crippen molar-refractivity contribution < 1.29 is 24.6 Å². The Bertz CT molecular complexity index is 1340. The molecule has 1 aromatic carbocycles. The van der Waals surface area contributed by atoms with Gasteiger partial charge < -0.3 is 25.4 Å². The molecule has 1 atom stereocenters. The van der Waals surface area contributed by atoms with Crippen molar-refractivity contribution >= 4 is 45.1 Å². The Kier molecular flexibility index (Phi) is 7.60. The van der Waals surface area contributed by atoms with Gasteiger partial charge in [-0.25, -0.2) is 14.8 Å². The van der Waals surface area contributed by atoms with Crippen LogP contribution in [-0.4, -0.2) is 55.6 Å². The number of anilines is 1. The maximum Gasteiger partial charge on any atom is 0.326 e. The monoisotopic (exact) mass is 483 g/mol. The molecule has 0 radical (unpaired) electrons. The highest BCUT2D eigenvalue weighted by molar-refractivity contribution is 7.17. The van der Waals surface area contributed by atoms with E-state index in [4.69, 9.17) is 11.5 Å². The number of aromatic amines is 1. The molecule has 0 aliphatic carbocycles. The van der Waals surface area contributed by atoms with Gasteiger partial charge in [-0.2, -0.15) is 0 Å². The summed E-state index contributed by atoms with van der Waals surface area (Å²) in [4.78, 5) is 59.6. The first kappa shape index (κ1) is 24.4. The molecule has 11 nitrogen and oxygen atoms in total. The number of hydrogen-bond donors (Lipinski definition) is 4. The second-order valence-electron chi connectivity index (χ2n) is 7.36. The van der Waals surface area contributed by atoms with Crippen LogP contribution in [0.1, 0.15) is 34.0 Å². The molecule has 0 saturated heterocycles. The van der Waals surface area contributed by atoms with E-state index in [1.54, 1.807) is 24.0 Å². The van der Waals surface area contributed by atoms with E-state index in [0.717, 1.165) is 16.9 Å². The van der Waals surface area contributed by atoms with Crippen LogP contribution >= 0.6 is 11.3 Å². The summed E-state index contributed by atoms with van der Waals surface area (Å²) in [5.74, 6) is -0.166. The standard InChI is InChI=1S/C22H21N5O6S/c1-3-8-27(11-13-4-5-15-14(9-13)19(30)25-12(2)24-15)17-10-23-21(34-17)20(31)26-16(22(32)33)6-7-18(28)29/h1,4-5,9-10,16H,6-8,11H2,2H3,(H,26,31)(H,28,29)(H,32,33)(H,24,25,30). The number of aryl methyl sites for hydroxylation is 1. The third kappa shape index (κ3) is 5.96. The number of carboxylic acid groups (broad SMARTS) is 2. The zero-order valence-electron chi connectivity index (χ0n) is 18.1. The van der Waals surface area contributed by atoms with Crippen LogP contribution in [0.5, 0.6) is 0 Å². The third-order valence-corrected chi connectivity index (χ3v) is 5.85. The smallest absolute Gasteiger partial charge is 0.326 e. The van der Waals surface area contributed by atoms with Gasteiger partial charge in [0.15, 0.2) is 5.01 Å². The number of nitrogens with one attached hydrogen (secondary N) is 2. The van der Waals surface area contributed by atoms with Crippen molar-refractivity contribution in [3.8, 4) is 12.3 Å². The molecule has 0 aliphatic heterocycles. The molecule has 3 rings (SSSR count). The van der Waals surface area contributed by atoms with Gasteiger partial charge in [-0.15, -0.1) is 6.42 Å². The fraction of sp³-hybridized carbons (Fsp3) is 0.273. The van der Waals surface area contributed by atoms with Crippen molar-refractivity contribution in [2.24, 2.45) is 0 Å². The van der Waals surface area contributed by atoms with Crippen molar-refractivity contribution in [3.63, 3.8) is 0 Å². The fourth-order valence-electron chi connectivity index (χ4n) is 3.21. The molecule has 3 aromatic rings. The average molecular weight is 484 g/mol. The number of H-pyrrole nitrogens is 1. The third-order valence-electron chi connectivity index (χ3n) is 4.79. The lowest BCUT2D eigenvalue weighted by atomic mass is 10.1. The van der Waals surface area contributed by atoms with Crippen LogP contribution in [0.25, 0.3) is 10.9 Å². The maximum absolute atomic E-state index is 12.5. The van der Waals surface area contributed by atoms with Gasteiger partial charge in [0.1, 0.15) is 16.9 Å². The Balaban J connectivity index is 1.78. The summed E-state index contributed by atoms with van der Waals surface area (Å²) in [6.45, 7) is 2.22. The number of aromatic nitrogens is 3. The molecule has 1 amide bonds. The van der Waals surface area contributed by atoms with Gasteiger partial charge in [-0.1, -0.05) is 23.3 Å². The first-order valence-corrected chi connectivity index (χ1v) is 10.9. The minimum absolute atomic E-state index is 0.00762. The molecule has 1 unspecified atom stereocenters. The van der Waals surface area contributed by atoms with Crippen LogP contribution in [0, 0.1) is 19.3 Å². The van der Waals surface area contributed by atoms with Crippen LogP contribution in [-0.2, 0) is 16.1 Å². The van der Waals surface area contributed by atoms with Gasteiger partial charge in [0.05, 0.1) is 23.6 Å². The molecule has 0 aliphatic rings. The van der Waals surface area contributed by atoms with E-state index in [1.807, 2.05) is 6.07 Å². The molecule has 2 aromatic heterocycles. The number of rotatable bonds is 10. The van der Waals surface area contributed by atoms with Gasteiger partial charge >= 0.3 is 11.9 Å². The van der Waals surface area contributed by atoms with E-state index < -0.39 is 30.3 Å². The Morgan fingerprint density at radius 3 is 2.76 bits per heavy atom. The number of terminal acetylenes is 1. The van der Waals surface area contributed by atoms with Crippen molar-refractivity contribution in [1.82, 2.24) is 20.3 Å². The SMILES string of the molecule is C#CCN(Cc1ccc2nc(C)[nH]c(=O)c2c1)c1cnc(C(=O)NC(CCC(=O)O)C(=O)O)s1. The minimum atomic E-state index is -1.36. The first-order chi connectivity index (χ1) is 16.2. The Morgan fingerprint density at radius 1 is 1.32 bits per heavy atom. The second kappa shape index (κ2) is 10.6. The van der Waals surface area contributed by atoms with E-state index in [-0.39, 0.29) is 23.5 Å². The number of carboxylic acids is 2. The van der Waals surface area contributed by atoms with Gasteiger partial charge in [-0.05, 0) is 31.0 Å². The molecule has 12 heteroatoms. The average Bonchev–Trinajstić information content (AvgIpc) is 3.26. The van der Waals surface area contributed by atoms with E-state index in [1.165, 1.54) is 6.20 Å². The van der Waals surface area contributed by atoms with Crippen LogP contribution < -0.4 is 15.8 Å². The maximum atomic E-state index is 12.5. The van der Waals surface area contributed by atoms with Gasteiger partial charge in [-0.3, -0.25) is 14.4 Å². The molecule has 0 fully saturated rings. The summed E-state index contributed by atoms with van der Waals surface area (Å²) in [6, 6.07) is 3.94. The minimum Gasteiger partial charge on any atom is -0.481 e.